The zero-order valence-corrected chi connectivity index (χ0v) is 5.31. The van der Waals surface area contributed by atoms with E-state index in [1.54, 1.807) is 0 Å². The van der Waals surface area contributed by atoms with E-state index in [0.717, 1.165) is 4.90 Å². The number of nitrogens with zero attached hydrogens (tertiary/aromatic N) is 2. The molecular formula is C5H6F3N2. The Morgan fingerprint density at radius 3 is 2.40 bits per heavy atom. The number of hydrogen-bond acceptors (Lipinski definition) is 2. The van der Waals surface area contributed by atoms with Crippen LogP contribution in [-0.2, 0) is 0 Å². The molecule has 0 aliphatic carbocycles. The van der Waals surface area contributed by atoms with Crippen LogP contribution in [0.15, 0.2) is 4.99 Å². The first-order valence-corrected chi connectivity index (χ1v) is 2.69. The third kappa shape index (κ3) is 1.22. The van der Waals surface area contributed by atoms with Crippen molar-refractivity contribution in [3.8, 4) is 0 Å². The van der Waals surface area contributed by atoms with Gasteiger partial charge in [-0.05, 0) is 0 Å². The van der Waals surface area contributed by atoms with Crippen molar-refractivity contribution >= 4 is 5.84 Å². The molecule has 10 heavy (non-hydrogen) atoms. The summed E-state index contributed by atoms with van der Waals surface area (Å²) in [5, 5.41) is 0. The first-order valence-electron chi connectivity index (χ1n) is 2.69. The van der Waals surface area contributed by atoms with Gasteiger partial charge in [-0.15, -0.1) is 0 Å². The average molecular weight is 151 g/mol. The lowest BCUT2D eigenvalue weighted by Gasteiger charge is -2.14. The van der Waals surface area contributed by atoms with Gasteiger partial charge in [0, 0.05) is 7.05 Å². The molecule has 0 saturated carbocycles. The van der Waals surface area contributed by atoms with E-state index in [2.05, 4.69) is 4.99 Å². The molecule has 0 aromatic carbocycles. The van der Waals surface area contributed by atoms with Gasteiger partial charge in [0.15, 0.2) is 0 Å². The van der Waals surface area contributed by atoms with E-state index in [1.807, 2.05) is 0 Å². The summed E-state index contributed by atoms with van der Waals surface area (Å²) < 4.78 is 35.5. The van der Waals surface area contributed by atoms with Crippen molar-refractivity contribution in [2.75, 3.05) is 13.6 Å². The number of rotatable bonds is 0. The third-order valence-corrected chi connectivity index (χ3v) is 1.18. The van der Waals surface area contributed by atoms with E-state index in [-0.39, 0.29) is 6.54 Å². The molecule has 1 rings (SSSR count). The van der Waals surface area contributed by atoms with E-state index in [9.17, 15) is 13.2 Å². The Bertz CT molecular complexity index is 161. The van der Waals surface area contributed by atoms with Gasteiger partial charge >= 0.3 is 6.18 Å². The maximum atomic E-state index is 11.8. The number of aliphatic imine (C=N–C) groups is 1. The van der Waals surface area contributed by atoms with Gasteiger partial charge in [0.2, 0.25) is 5.84 Å². The third-order valence-electron chi connectivity index (χ3n) is 1.18. The van der Waals surface area contributed by atoms with E-state index < -0.39 is 12.0 Å². The van der Waals surface area contributed by atoms with Crippen LogP contribution in [0, 0.1) is 6.54 Å². The first kappa shape index (κ1) is 7.37. The molecule has 0 aromatic heterocycles. The lowest BCUT2D eigenvalue weighted by atomic mass is 10.5. The van der Waals surface area contributed by atoms with Crippen LogP contribution in [0.5, 0.6) is 0 Å². The van der Waals surface area contributed by atoms with Crippen LogP contribution in [0.25, 0.3) is 0 Å². The number of alkyl halides is 3. The lowest BCUT2D eigenvalue weighted by Crippen LogP contribution is -2.33. The van der Waals surface area contributed by atoms with Crippen molar-refractivity contribution in [3.63, 3.8) is 0 Å². The Hall–Kier alpha value is -0.740. The molecule has 0 unspecified atom stereocenters. The summed E-state index contributed by atoms with van der Waals surface area (Å²) in [4.78, 5) is 4.24. The summed E-state index contributed by atoms with van der Waals surface area (Å²) in [7, 11) is 1.33. The smallest absolute Gasteiger partial charge is 0.349 e. The molecule has 1 aliphatic heterocycles. The molecule has 1 radical (unpaired) electrons. The molecule has 0 spiro atoms. The Kier molecular flexibility index (Phi) is 1.58. The quantitative estimate of drug-likeness (QED) is 0.505. The minimum Gasteiger partial charge on any atom is -0.349 e. The lowest BCUT2D eigenvalue weighted by molar-refractivity contribution is -0.0656. The summed E-state index contributed by atoms with van der Waals surface area (Å²) in [5.74, 6) is -0.813. The summed E-state index contributed by atoms with van der Waals surface area (Å²) in [6.07, 6.45) is -4.30. The monoisotopic (exact) mass is 151 g/mol. The summed E-state index contributed by atoms with van der Waals surface area (Å²) >= 11 is 0. The molecule has 5 heteroatoms. The Morgan fingerprint density at radius 2 is 2.20 bits per heavy atom. The minimum atomic E-state index is -4.30. The van der Waals surface area contributed by atoms with Crippen LogP contribution in [0.1, 0.15) is 0 Å². The minimum absolute atomic E-state index is 0.130. The average Bonchev–Trinajstić information content (AvgIpc) is 2.11. The fourth-order valence-corrected chi connectivity index (χ4v) is 0.737. The molecule has 0 saturated heterocycles. The molecule has 0 bridgehead atoms. The van der Waals surface area contributed by atoms with E-state index in [4.69, 9.17) is 0 Å². The second-order valence-corrected chi connectivity index (χ2v) is 1.96. The van der Waals surface area contributed by atoms with Crippen molar-refractivity contribution in [3.05, 3.63) is 6.54 Å². The van der Waals surface area contributed by atoms with Crippen LogP contribution >= 0.6 is 0 Å². The largest absolute Gasteiger partial charge is 0.449 e. The molecule has 0 N–H and O–H groups in total. The van der Waals surface area contributed by atoms with E-state index in [1.165, 1.54) is 13.6 Å². The van der Waals surface area contributed by atoms with Crippen LogP contribution in [-0.4, -0.2) is 30.5 Å². The van der Waals surface area contributed by atoms with Crippen molar-refractivity contribution in [1.82, 2.24) is 4.90 Å². The van der Waals surface area contributed by atoms with E-state index in [0.29, 0.717) is 0 Å². The highest BCUT2D eigenvalue weighted by atomic mass is 19.4. The van der Waals surface area contributed by atoms with Crippen molar-refractivity contribution < 1.29 is 13.2 Å². The van der Waals surface area contributed by atoms with Crippen LogP contribution in [0.3, 0.4) is 0 Å². The maximum absolute atomic E-state index is 11.8. The zero-order chi connectivity index (χ0) is 7.78. The Morgan fingerprint density at radius 1 is 1.60 bits per heavy atom. The Labute approximate surface area is 56.3 Å². The predicted octanol–water partition coefficient (Wildman–Crippen LogP) is 1.05. The van der Waals surface area contributed by atoms with Gasteiger partial charge in [-0.25, -0.2) is 0 Å². The molecule has 0 atom stereocenters. The molecule has 0 aromatic rings. The zero-order valence-electron chi connectivity index (χ0n) is 5.31. The van der Waals surface area contributed by atoms with E-state index >= 15 is 0 Å². The number of amidine groups is 1. The summed E-state index contributed by atoms with van der Waals surface area (Å²) in [6.45, 7) is 1.51. The predicted molar refractivity (Wildman–Crippen MR) is 30.4 cm³/mol. The summed E-state index contributed by atoms with van der Waals surface area (Å²) in [5.41, 5.74) is 0. The van der Waals surface area contributed by atoms with Gasteiger partial charge in [-0.3, -0.25) is 4.99 Å². The molecule has 1 heterocycles. The Balaban J connectivity index is 2.72. The van der Waals surface area contributed by atoms with Gasteiger partial charge in [0.25, 0.3) is 0 Å². The van der Waals surface area contributed by atoms with Gasteiger partial charge < -0.3 is 4.90 Å². The van der Waals surface area contributed by atoms with Crippen molar-refractivity contribution in [1.29, 1.82) is 0 Å². The highest BCUT2D eigenvalue weighted by molar-refractivity contribution is 5.89. The van der Waals surface area contributed by atoms with Crippen LogP contribution in [0.2, 0.25) is 0 Å². The fourth-order valence-electron chi connectivity index (χ4n) is 0.737. The molecular weight excluding hydrogens is 145 g/mol. The van der Waals surface area contributed by atoms with Crippen LogP contribution in [0.4, 0.5) is 13.2 Å². The standard InChI is InChI=1S/C5H6F3N2/c1-10-3-2-9-4(10)5(6,7)8/h3H,2H2,1H3. The second-order valence-electron chi connectivity index (χ2n) is 1.96. The number of hydrogen-bond donors (Lipinski definition) is 0. The van der Waals surface area contributed by atoms with Crippen molar-refractivity contribution in [2.45, 2.75) is 6.18 Å². The first-order chi connectivity index (χ1) is 4.52. The molecule has 0 amide bonds. The van der Waals surface area contributed by atoms with Gasteiger partial charge in [-0.2, -0.15) is 13.2 Å². The van der Waals surface area contributed by atoms with Gasteiger partial charge in [-0.1, -0.05) is 0 Å². The molecule has 0 fully saturated rings. The fraction of sp³-hybridized carbons (Fsp3) is 0.600. The van der Waals surface area contributed by atoms with Crippen LogP contribution < -0.4 is 0 Å². The molecule has 1 aliphatic rings. The number of halogens is 3. The number of likely N-dealkylation sites (N-methyl/N-ethyl adjacent to an activating group) is 1. The summed E-state index contributed by atoms with van der Waals surface area (Å²) in [6, 6.07) is 0. The topological polar surface area (TPSA) is 15.6 Å². The van der Waals surface area contributed by atoms with Crippen molar-refractivity contribution in [2.24, 2.45) is 4.99 Å². The second kappa shape index (κ2) is 2.14. The van der Waals surface area contributed by atoms with Gasteiger partial charge in [0.05, 0.1) is 13.1 Å². The SMILES string of the molecule is CN1[CH]CN=C1C(F)(F)F. The molecule has 57 valence electrons. The highest BCUT2D eigenvalue weighted by Crippen LogP contribution is 2.22. The van der Waals surface area contributed by atoms with Gasteiger partial charge in [0.1, 0.15) is 0 Å². The normalized spacial score (nSPS) is 19.6. The molecule has 2 nitrogen and oxygen atoms in total. The highest BCUT2D eigenvalue weighted by Gasteiger charge is 2.40. The maximum Gasteiger partial charge on any atom is 0.449 e.